The van der Waals surface area contributed by atoms with Crippen LogP contribution in [0.25, 0.3) is 10.8 Å². The standard InChI is InChI=1S/C29H30N2O6S2/c1-35-14-5-13-31(39(33,34)26-11-10-23-6-2-3-7-24(23)17-26)20-29(32)30(19-25-8-4-15-38-25)18-22-9-12-27-28(16-22)37-21-36-27/h2-4,6-12,15-17H,5,13-14,18-21H2,1H3. The second-order valence-electron chi connectivity index (χ2n) is 9.21. The van der Waals surface area contributed by atoms with Crippen LogP contribution in [0.15, 0.2) is 83.1 Å². The Bertz CT molecular complexity index is 1540. The zero-order valence-corrected chi connectivity index (χ0v) is 23.2. The van der Waals surface area contributed by atoms with Crippen molar-refractivity contribution in [3.63, 3.8) is 0 Å². The first-order valence-electron chi connectivity index (χ1n) is 12.6. The minimum absolute atomic E-state index is 0.158. The first-order chi connectivity index (χ1) is 18.9. The Morgan fingerprint density at radius 3 is 2.56 bits per heavy atom. The number of hydrogen-bond donors (Lipinski definition) is 0. The van der Waals surface area contributed by atoms with Crippen molar-refractivity contribution in [3.8, 4) is 11.5 Å². The van der Waals surface area contributed by atoms with Crippen molar-refractivity contribution in [2.24, 2.45) is 0 Å². The summed E-state index contributed by atoms with van der Waals surface area (Å²) in [5, 5.41) is 3.73. The van der Waals surface area contributed by atoms with Gasteiger partial charge in [-0.25, -0.2) is 8.42 Å². The van der Waals surface area contributed by atoms with Crippen LogP contribution in [0.4, 0.5) is 0 Å². The van der Waals surface area contributed by atoms with Crippen molar-refractivity contribution in [3.05, 3.63) is 88.6 Å². The van der Waals surface area contributed by atoms with E-state index in [1.807, 2.05) is 60.0 Å². The smallest absolute Gasteiger partial charge is 0.243 e. The number of fused-ring (bicyclic) bond motifs is 2. The summed E-state index contributed by atoms with van der Waals surface area (Å²) in [6.45, 7) is 1.09. The zero-order chi connectivity index (χ0) is 27.2. The molecule has 0 fully saturated rings. The van der Waals surface area contributed by atoms with E-state index in [0.717, 1.165) is 21.2 Å². The van der Waals surface area contributed by atoms with E-state index in [9.17, 15) is 13.2 Å². The fourth-order valence-corrected chi connectivity index (χ4v) is 6.66. The monoisotopic (exact) mass is 566 g/mol. The van der Waals surface area contributed by atoms with Gasteiger partial charge in [0.05, 0.1) is 18.0 Å². The maximum atomic E-state index is 13.8. The van der Waals surface area contributed by atoms with Gasteiger partial charge >= 0.3 is 0 Å². The normalized spacial score (nSPS) is 12.8. The highest BCUT2D eigenvalue weighted by Gasteiger charge is 2.29. The number of carbonyl (C=O) groups excluding carboxylic acids is 1. The van der Waals surface area contributed by atoms with Crippen molar-refractivity contribution >= 4 is 38.0 Å². The van der Waals surface area contributed by atoms with E-state index >= 15 is 0 Å². The molecule has 3 aromatic carbocycles. The Kier molecular flexibility index (Phi) is 8.47. The Morgan fingerprint density at radius 2 is 1.77 bits per heavy atom. The quantitative estimate of drug-likeness (QED) is 0.227. The number of thiophene rings is 1. The molecule has 8 nitrogen and oxygen atoms in total. The van der Waals surface area contributed by atoms with Crippen LogP contribution in [0.3, 0.4) is 0 Å². The van der Waals surface area contributed by atoms with Crippen molar-refractivity contribution in [2.75, 3.05) is 33.6 Å². The van der Waals surface area contributed by atoms with Crippen LogP contribution in [0, 0.1) is 0 Å². The number of ether oxygens (including phenoxy) is 3. The van der Waals surface area contributed by atoms with Crippen LogP contribution in [-0.4, -0.2) is 57.1 Å². The molecule has 5 rings (SSSR count). The Labute approximate surface area is 232 Å². The number of amides is 1. The van der Waals surface area contributed by atoms with Gasteiger partial charge in [0.1, 0.15) is 0 Å². The lowest BCUT2D eigenvalue weighted by Crippen LogP contribution is -2.43. The molecule has 0 saturated carbocycles. The van der Waals surface area contributed by atoms with E-state index in [4.69, 9.17) is 14.2 Å². The van der Waals surface area contributed by atoms with Crippen LogP contribution in [0.2, 0.25) is 0 Å². The molecule has 0 unspecified atom stereocenters. The zero-order valence-electron chi connectivity index (χ0n) is 21.6. The average Bonchev–Trinajstić information content (AvgIpc) is 3.64. The van der Waals surface area contributed by atoms with Crippen LogP contribution >= 0.6 is 11.3 Å². The lowest BCUT2D eigenvalue weighted by molar-refractivity contribution is -0.132. The molecular formula is C29H30N2O6S2. The molecule has 0 radical (unpaired) electrons. The summed E-state index contributed by atoms with van der Waals surface area (Å²) in [5.74, 6) is 1.01. The number of hydrogen-bond acceptors (Lipinski definition) is 7. The van der Waals surface area contributed by atoms with Gasteiger partial charge in [-0.2, -0.15) is 4.31 Å². The first-order valence-corrected chi connectivity index (χ1v) is 14.9. The number of nitrogens with zero attached hydrogens (tertiary/aromatic N) is 2. The van der Waals surface area contributed by atoms with Crippen molar-refractivity contribution in [2.45, 2.75) is 24.4 Å². The largest absolute Gasteiger partial charge is 0.454 e. The Morgan fingerprint density at radius 1 is 0.949 bits per heavy atom. The maximum absolute atomic E-state index is 13.8. The van der Waals surface area contributed by atoms with Crippen molar-refractivity contribution < 1.29 is 27.4 Å². The predicted molar refractivity (Wildman–Crippen MR) is 150 cm³/mol. The third-order valence-corrected chi connectivity index (χ3v) is 9.22. The van der Waals surface area contributed by atoms with Gasteiger partial charge in [-0.3, -0.25) is 4.79 Å². The predicted octanol–water partition coefficient (Wildman–Crippen LogP) is 4.89. The van der Waals surface area contributed by atoms with E-state index in [1.165, 1.54) is 4.31 Å². The third-order valence-electron chi connectivity index (χ3n) is 6.52. The average molecular weight is 567 g/mol. The number of rotatable bonds is 12. The first kappa shape index (κ1) is 27.1. The fraction of sp³-hybridized carbons (Fsp3) is 0.276. The summed E-state index contributed by atoms with van der Waals surface area (Å²) < 4.78 is 45.0. The van der Waals surface area contributed by atoms with Gasteiger partial charge < -0.3 is 19.1 Å². The van der Waals surface area contributed by atoms with E-state index in [-0.39, 0.29) is 30.7 Å². The number of methoxy groups -OCH3 is 1. The topological polar surface area (TPSA) is 85.4 Å². The Hall–Kier alpha value is -3.44. The second-order valence-corrected chi connectivity index (χ2v) is 12.2. The molecule has 1 aromatic heterocycles. The lowest BCUT2D eigenvalue weighted by Gasteiger charge is -2.27. The van der Waals surface area contributed by atoms with Gasteiger partial charge in [0.2, 0.25) is 22.7 Å². The van der Waals surface area contributed by atoms with E-state index in [1.54, 1.807) is 41.5 Å². The minimum atomic E-state index is -3.95. The van der Waals surface area contributed by atoms with Gasteiger partial charge in [-0.05, 0) is 58.5 Å². The van der Waals surface area contributed by atoms with Gasteiger partial charge in [0.15, 0.2) is 11.5 Å². The molecule has 0 aliphatic carbocycles. The molecule has 2 heterocycles. The molecule has 204 valence electrons. The molecule has 1 amide bonds. The summed E-state index contributed by atoms with van der Waals surface area (Å²) in [4.78, 5) is 16.6. The Balaban J connectivity index is 1.41. The summed E-state index contributed by atoms with van der Waals surface area (Å²) in [6.07, 6.45) is 0.462. The maximum Gasteiger partial charge on any atom is 0.243 e. The highest BCUT2D eigenvalue weighted by atomic mass is 32.2. The summed E-state index contributed by atoms with van der Waals surface area (Å²) in [5.41, 5.74) is 0.868. The second kappa shape index (κ2) is 12.2. The third kappa shape index (κ3) is 6.42. The van der Waals surface area contributed by atoms with Gasteiger partial charge in [0.25, 0.3) is 0 Å². The highest BCUT2D eigenvalue weighted by molar-refractivity contribution is 7.89. The molecule has 0 spiro atoms. The molecule has 1 aliphatic heterocycles. The van der Waals surface area contributed by atoms with Crippen LogP contribution < -0.4 is 9.47 Å². The molecule has 0 atom stereocenters. The van der Waals surface area contributed by atoms with E-state index in [2.05, 4.69) is 0 Å². The highest BCUT2D eigenvalue weighted by Crippen LogP contribution is 2.33. The molecule has 0 bridgehead atoms. The van der Waals surface area contributed by atoms with Crippen LogP contribution in [-0.2, 0) is 32.6 Å². The molecule has 39 heavy (non-hydrogen) atoms. The molecular weight excluding hydrogens is 536 g/mol. The number of benzene rings is 3. The van der Waals surface area contributed by atoms with E-state index < -0.39 is 10.0 Å². The molecule has 0 N–H and O–H groups in total. The van der Waals surface area contributed by atoms with E-state index in [0.29, 0.717) is 37.6 Å². The van der Waals surface area contributed by atoms with Crippen LogP contribution in [0.5, 0.6) is 11.5 Å². The number of carbonyl (C=O) groups is 1. The number of sulfonamides is 1. The fourth-order valence-electron chi connectivity index (χ4n) is 4.48. The van der Waals surface area contributed by atoms with Crippen LogP contribution in [0.1, 0.15) is 16.9 Å². The minimum Gasteiger partial charge on any atom is -0.454 e. The van der Waals surface area contributed by atoms with Crippen molar-refractivity contribution in [1.82, 2.24) is 9.21 Å². The SMILES string of the molecule is COCCCN(CC(=O)N(Cc1ccc2c(c1)OCO2)Cc1cccs1)S(=O)(=O)c1ccc2ccccc2c1. The van der Waals surface area contributed by atoms with Gasteiger partial charge in [-0.15, -0.1) is 11.3 Å². The summed E-state index contributed by atoms with van der Waals surface area (Å²) >= 11 is 1.55. The summed E-state index contributed by atoms with van der Waals surface area (Å²) in [7, 11) is -2.38. The van der Waals surface area contributed by atoms with Crippen molar-refractivity contribution in [1.29, 1.82) is 0 Å². The molecule has 1 aliphatic rings. The lowest BCUT2D eigenvalue weighted by atomic mass is 10.1. The van der Waals surface area contributed by atoms with Gasteiger partial charge in [-0.1, -0.05) is 42.5 Å². The van der Waals surface area contributed by atoms with Gasteiger partial charge in [0, 0.05) is 31.7 Å². The molecule has 0 saturated heterocycles. The summed E-state index contributed by atoms with van der Waals surface area (Å²) in [6, 6.07) is 22.1. The molecule has 4 aromatic rings. The molecule has 10 heteroatoms.